The van der Waals surface area contributed by atoms with Crippen LogP contribution >= 0.6 is 0 Å². The Bertz CT molecular complexity index is 2490. The van der Waals surface area contributed by atoms with Crippen molar-refractivity contribution in [3.63, 3.8) is 0 Å². The van der Waals surface area contributed by atoms with Gasteiger partial charge in [0.15, 0.2) is 0 Å². The molecular formula is C47H40N4. The molecule has 2 fully saturated rings. The third kappa shape index (κ3) is 4.72. The Kier molecular flexibility index (Phi) is 6.59. The molecule has 0 saturated heterocycles. The maximum Gasteiger partial charge on any atom is 0.0973 e. The number of nitrogens with zero attached hydrogens (tertiary/aromatic N) is 4. The summed E-state index contributed by atoms with van der Waals surface area (Å²) in [5, 5.41) is 0. The molecule has 0 aliphatic heterocycles. The number of aromatic nitrogens is 4. The van der Waals surface area contributed by atoms with Crippen LogP contribution in [0.5, 0.6) is 0 Å². The highest BCUT2D eigenvalue weighted by molar-refractivity contribution is 5.90. The van der Waals surface area contributed by atoms with Gasteiger partial charge in [-0.3, -0.25) is 0 Å². The second-order valence-electron chi connectivity index (χ2n) is 15.7. The van der Waals surface area contributed by atoms with Crippen LogP contribution in [0.3, 0.4) is 0 Å². The van der Waals surface area contributed by atoms with Crippen LogP contribution in [-0.2, 0) is 6.42 Å². The lowest BCUT2D eigenvalue weighted by Gasteiger charge is -2.33. The standard InChI is InChI=1S/C47H40N4/c1-27-22-40-47(43-35-18-17-34(23-35)42(27)43)51-46(30-10-6-3-7-11-30)45(50-40)31-14-12-29(13-15-31)37-24-36-19-16-33(37)26-41-44(36)49-39-25-32(20-21-38(39)48-41)28-8-4-2-5-9-28/h2-15,20-22,25,33-37H,16-19,23-24,26H2,1H3. The molecule has 248 valence electrons. The third-order valence-electron chi connectivity index (χ3n) is 12.9. The molecule has 2 heterocycles. The predicted octanol–water partition coefficient (Wildman–Crippen LogP) is 11.5. The van der Waals surface area contributed by atoms with Crippen LogP contribution in [0.15, 0.2) is 109 Å². The van der Waals surface area contributed by atoms with Gasteiger partial charge in [0.05, 0.1) is 44.8 Å². The molecule has 5 atom stereocenters. The van der Waals surface area contributed by atoms with Gasteiger partial charge in [0.2, 0.25) is 0 Å². The number of benzene rings is 5. The average Bonchev–Trinajstić information content (AvgIpc) is 3.73. The van der Waals surface area contributed by atoms with Crippen molar-refractivity contribution < 1.29 is 0 Å². The highest BCUT2D eigenvalue weighted by Crippen LogP contribution is 2.56. The van der Waals surface area contributed by atoms with E-state index in [1.165, 1.54) is 71.3 Å². The Labute approximate surface area is 299 Å². The second kappa shape index (κ2) is 11.4. The minimum atomic E-state index is 0.442. The number of hydrogen-bond donors (Lipinski definition) is 0. The van der Waals surface area contributed by atoms with E-state index in [0.717, 1.165) is 57.4 Å². The van der Waals surface area contributed by atoms with Gasteiger partial charge in [0.1, 0.15) is 0 Å². The quantitative estimate of drug-likeness (QED) is 0.189. The fourth-order valence-corrected chi connectivity index (χ4v) is 10.5. The number of hydrogen-bond acceptors (Lipinski definition) is 4. The van der Waals surface area contributed by atoms with Gasteiger partial charge in [-0.15, -0.1) is 0 Å². The van der Waals surface area contributed by atoms with Crippen LogP contribution in [0.4, 0.5) is 0 Å². The molecule has 5 aromatic carbocycles. The Morgan fingerprint density at radius 1 is 0.510 bits per heavy atom. The molecule has 0 amide bonds. The molecule has 5 aliphatic carbocycles. The monoisotopic (exact) mass is 660 g/mol. The van der Waals surface area contributed by atoms with E-state index in [2.05, 4.69) is 116 Å². The lowest BCUT2D eigenvalue weighted by atomic mass is 9.72. The summed E-state index contributed by atoms with van der Waals surface area (Å²) in [4.78, 5) is 21.5. The Hall–Kier alpha value is -5.22. The third-order valence-corrected chi connectivity index (χ3v) is 12.9. The summed E-state index contributed by atoms with van der Waals surface area (Å²) >= 11 is 0. The van der Waals surface area contributed by atoms with Gasteiger partial charge in [-0.1, -0.05) is 91.0 Å². The van der Waals surface area contributed by atoms with Crippen molar-refractivity contribution in [2.45, 2.75) is 75.5 Å². The number of aryl methyl sites for hydroxylation is 1. The van der Waals surface area contributed by atoms with Crippen molar-refractivity contribution >= 4 is 22.1 Å². The van der Waals surface area contributed by atoms with E-state index in [4.69, 9.17) is 19.9 Å². The predicted molar refractivity (Wildman–Crippen MR) is 206 cm³/mol. The van der Waals surface area contributed by atoms with Crippen LogP contribution in [0, 0.1) is 12.8 Å². The number of fused-ring (bicyclic) bond motifs is 10. The molecule has 4 nitrogen and oxygen atoms in total. The van der Waals surface area contributed by atoms with Crippen LogP contribution in [0.1, 0.15) is 95.8 Å². The minimum absolute atomic E-state index is 0.442. The first-order chi connectivity index (χ1) is 25.1. The highest BCUT2D eigenvalue weighted by Gasteiger charge is 2.41. The fraction of sp³-hybridized carbons (Fsp3) is 0.277. The van der Waals surface area contributed by atoms with Crippen molar-refractivity contribution in [1.82, 2.24) is 19.9 Å². The Morgan fingerprint density at radius 2 is 1.20 bits per heavy atom. The Balaban J connectivity index is 0.949. The van der Waals surface area contributed by atoms with Crippen molar-refractivity contribution in [1.29, 1.82) is 0 Å². The van der Waals surface area contributed by atoms with E-state index >= 15 is 0 Å². The van der Waals surface area contributed by atoms with Crippen LogP contribution in [0.2, 0.25) is 0 Å². The van der Waals surface area contributed by atoms with Gasteiger partial charge in [-0.25, -0.2) is 19.9 Å². The lowest BCUT2D eigenvalue weighted by molar-refractivity contribution is 0.293. The zero-order valence-corrected chi connectivity index (χ0v) is 29.0. The molecular weight excluding hydrogens is 621 g/mol. The van der Waals surface area contributed by atoms with Crippen LogP contribution in [0.25, 0.3) is 55.7 Å². The molecule has 5 unspecified atom stereocenters. The van der Waals surface area contributed by atoms with Gasteiger partial charge in [0, 0.05) is 17.0 Å². The number of rotatable bonds is 4. The van der Waals surface area contributed by atoms with Crippen LogP contribution in [-0.4, -0.2) is 19.9 Å². The zero-order chi connectivity index (χ0) is 33.6. The van der Waals surface area contributed by atoms with E-state index in [1.54, 1.807) is 5.56 Å². The molecule has 2 aromatic heterocycles. The molecule has 51 heavy (non-hydrogen) atoms. The van der Waals surface area contributed by atoms with Crippen molar-refractivity contribution in [2.24, 2.45) is 5.92 Å². The maximum absolute atomic E-state index is 5.50. The molecule has 12 rings (SSSR count). The second-order valence-corrected chi connectivity index (χ2v) is 15.7. The molecule has 0 N–H and O–H groups in total. The van der Waals surface area contributed by atoms with Crippen molar-refractivity contribution in [3.8, 4) is 33.6 Å². The largest absolute Gasteiger partial charge is 0.249 e. The summed E-state index contributed by atoms with van der Waals surface area (Å²) in [7, 11) is 0. The van der Waals surface area contributed by atoms with Gasteiger partial charge in [-0.05, 0) is 127 Å². The highest BCUT2D eigenvalue weighted by atomic mass is 14.9. The first kappa shape index (κ1) is 29.5. The lowest BCUT2D eigenvalue weighted by Crippen LogP contribution is -2.20. The van der Waals surface area contributed by atoms with Gasteiger partial charge in [0.25, 0.3) is 0 Å². The summed E-state index contributed by atoms with van der Waals surface area (Å²) in [5.74, 6) is 2.84. The first-order valence-electron chi connectivity index (χ1n) is 19.0. The van der Waals surface area contributed by atoms with Gasteiger partial charge in [-0.2, -0.15) is 0 Å². The molecule has 7 aromatic rings. The molecule has 5 aliphatic rings. The van der Waals surface area contributed by atoms with E-state index in [-0.39, 0.29) is 0 Å². The maximum atomic E-state index is 5.50. The SMILES string of the molecule is Cc1cc2nc(-c3ccc(C4CC5CCC4Cc4nc6ccc(-c7ccccc7)cc6nc45)cc3)c(-c3ccccc3)nc2c2c1C1CCC2C1. The van der Waals surface area contributed by atoms with E-state index in [9.17, 15) is 0 Å². The summed E-state index contributed by atoms with van der Waals surface area (Å²) < 4.78 is 0. The smallest absolute Gasteiger partial charge is 0.0973 e. The van der Waals surface area contributed by atoms with Crippen molar-refractivity contribution in [3.05, 3.63) is 143 Å². The summed E-state index contributed by atoms with van der Waals surface area (Å²) in [6, 6.07) is 39.5. The molecule has 0 radical (unpaired) electrons. The van der Waals surface area contributed by atoms with Gasteiger partial charge >= 0.3 is 0 Å². The minimum Gasteiger partial charge on any atom is -0.249 e. The van der Waals surface area contributed by atoms with E-state index in [0.29, 0.717) is 29.6 Å². The topological polar surface area (TPSA) is 51.6 Å². The van der Waals surface area contributed by atoms with E-state index < -0.39 is 0 Å². The fourth-order valence-electron chi connectivity index (χ4n) is 10.5. The van der Waals surface area contributed by atoms with Gasteiger partial charge < -0.3 is 0 Å². The van der Waals surface area contributed by atoms with Crippen molar-refractivity contribution in [2.75, 3.05) is 0 Å². The Morgan fingerprint density at radius 3 is 2.00 bits per heavy atom. The zero-order valence-electron chi connectivity index (χ0n) is 29.0. The van der Waals surface area contributed by atoms with E-state index in [1.807, 2.05) is 0 Å². The molecule has 4 bridgehead atoms. The summed E-state index contributed by atoms with van der Waals surface area (Å²) in [5.41, 5.74) is 19.2. The molecule has 0 spiro atoms. The summed E-state index contributed by atoms with van der Waals surface area (Å²) in [6.45, 7) is 2.29. The van der Waals surface area contributed by atoms with Crippen LogP contribution < -0.4 is 0 Å². The molecule has 4 heteroatoms. The first-order valence-corrected chi connectivity index (χ1v) is 19.0. The summed E-state index contributed by atoms with van der Waals surface area (Å²) in [6.07, 6.45) is 8.44. The normalized spacial score (nSPS) is 23.0. The average molecular weight is 661 g/mol. The molecule has 2 saturated carbocycles.